The third-order valence-corrected chi connectivity index (χ3v) is 5.06. The normalized spacial score (nSPS) is 18.8. The molecular weight excluding hydrogens is 330 g/mol. The van der Waals surface area contributed by atoms with Crippen LogP contribution in [-0.4, -0.2) is 48.7 Å². The Morgan fingerprint density at radius 3 is 2.04 bits per heavy atom. The van der Waals surface area contributed by atoms with Gasteiger partial charge in [0.1, 0.15) is 0 Å². The van der Waals surface area contributed by atoms with Crippen LogP contribution in [0.15, 0.2) is 54.6 Å². The summed E-state index contributed by atoms with van der Waals surface area (Å²) in [4.78, 5) is 27.7. The number of carbonyl (C=O) groups excluding carboxylic acids is 2. The fraction of sp³-hybridized carbons (Fsp3) is 0.333. The number of benzene rings is 2. The van der Waals surface area contributed by atoms with E-state index in [0.29, 0.717) is 55.8 Å². The highest BCUT2D eigenvalue weighted by Crippen LogP contribution is 2.32. The van der Waals surface area contributed by atoms with Crippen LogP contribution in [0.25, 0.3) is 0 Å². The average molecular weight is 351 g/mol. The van der Waals surface area contributed by atoms with Crippen molar-refractivity contribution in [2.24, 2.45) is 0 Å². The Hall–Kier alpha value is -2.50. The Bertz CT molecular complexity index is 802. The standard InChI is InChI=1S/C21H21NO4/c23-19(16-6-2-1-3-7-16)17-8-4-5-9-18(17)20(24)22-12-10-21(11-13-22)25-14-15-26-21/h1-9H,10-15H2. The molecule has 0 aliphatic carbocycles. The molecule has 0 bridgehead atoms. The van der Waals surface area contributed by atoms with Gasteiger partial charge in [-0.15, -0.1) is 0 Å². The second-order valence-corrected chi connectivity index (χ2v) is 6.64. The van der Waals surface area contributed by atoms with E-state index in [-0.39, 0.29) is 11.7 Å². The molecule has 134 valence electrons. The van der Waals surface area contributed by atoms with Gasteiger partial charge < -0.3 is 14.4 Å². The Kier molecular flexibility index (Phi) is 4.57. The van der Waals surface area contributed by atoms with Crippen molar-refractivity contribution in [2.75, 3.05) is 26.3 Å². The fourth-order valence-electron chi connectivity index (χ4n) is 3.62. The maximum atomic E-state index is 13.1. The van der Waals surface area contributed by atoms with Crippen molar-refractivity contribution in [2.45, 2.75) is 18.6 Å². The zero-order valence-corrected chi connectivity index (χ0v) is 14.5. The van der Waals surface area contributed by atoms with Crippen molar-refractivity contribution >= 4 is 11.7 Å². The highest BCUT2D eigenvalue weighted by Gasteiger charge is 2.41. The van der Waals surface area contributed by atoms with Crippen molar-refractivity contribution in [3.63, 3.8) is 0 Å². The molecule has 0 atom stereocenters. The molecule has 2 fully saturated rings. The van der Waals surface area contributed by atoms with Gasteiger partial charge >= 0.3 is 0 Å². The second kappa shape index (κ2) is 7.02. The summed E-state index contributed by atoms with van der Waals surface area (Å²) >= 11 is 0. The van der Waals surface area contributed by atoms with E-state index in [4.69, 9.17) is 9.47 Å². The van der Waals surface area contributed by atoms with Crippen molar-refractivity contribution in [1.29, 1.82) is 0 Å². The SMILES string of the molecule is O=C(c1ccccc1)c1ccccc1C(=O)N1CCC2(CC1)OCCO2. The largest absolute Gasteiger partial charge is 0.347 e. The molecule has 2 aromatic rings. The maximum Gasteiger partial charge on any atom is 0.254 e. The smallest absolute Gasteiger partial charge is 0.254 e. The monoisotopic (exact) mass is 351 g/mol. The highest BCUT2D eigenvalue weighted by atomic mass is 16.7. The first-order chi connectivity index (χ1) is 12.7. The van der Waals surface area contributed by atoms with Gasteiger partial charge in [0.05, 0.1) is 18.8 Å². The summed E-state index contributed by atoms with van der Waals surface area (Å²) in [5, 5.41) is 0. The zero-order chi connectivity index (χ0) is 18.0. The van der Waals surface area contributed by atoms with Crippen LogP contribution in [-0.2, 0) is 9.47 Å². The molecule has 1 spiro atoms. The minimum atomic E-state index is -0.518. The molecule has 26 heavy (non-hydrogen) atoms. The van der Waals surface area contributed by atoms with Crippen molar-refractivity contribution in [3.8, 4) is 0 Å². The number of ether oxygens (including phenoxy) is 2. The Morgan fingerprint density at radius 1 is 0.808 bits per heavy atom. The van der Waals surface area contributed by atoms with Crippen molar-refractivity contribution in [1.82, 2.24) is 4.90 Å². The lowest BCUT2D eigenvalue weighted by atomic mass is 9.96. The van der Waals surface area contributed by atoms with Crippen LogP contribution < -0.4 is 0 Å². The lowest BCUT2D eigenvalue weighted by Crippen LogP contribution is -2.47. The fourth-order valence-corrected chi connectivity index (χ4v) is 3.62. The summed E-state index contributed by atoms with van der Waals surface area (Å²) in [5.74, 6) is -0.765. The highest BCUT2D eigenvalue weighted by molar-refractivity contribution is 6.15. The van der Waals surface area contributed by atoms with Crippen LogP contribution in [0.2, 0.25) is 0 Å². The molecule has 4 rings (SSSR count). The first-order valence-corrected chi connectivity index (χ1v) is 8.95. The summed E-state index contributed by atoms with van der Waals surface area (Å²) in [7, 11) is 0. The molecule has 2 aliphatic rings. The van der Waals surface area contributed by atoms with E-state index in [9.17, 15) is 9.59 Å². The van der Waals surface area contributed by atoms with Gasteiger partial charge in [-0.25, -0.2) is 0 Å². The molecule has 2 saturated heterocycles. The third kappa shape index (κ3) is 3.16. The Labute approximate surface area is 152 Å². The summed E-state index contributed by atoms with van der Waals surface area (Å²) in [5.41, 5.74) is 1.47. The average Bonchev–Trinajstić information content (AvgIpc) is 3.16. The molecule has 0 unspecified atom stereocenters. The van der Waals surface area contributed by atoms with Crippen LogP contribution in [0.5, 0.6) is 0 Å². The Morgan fingerprint density at radius 2 is 1.38 bits per heavy atom. The molecule has 0 radical (unpaired) electrons. The number of likely N-dealkylation sites (tertiary alicyclic amines) is 1. The van der Waals surface area contributed by atoms with Gasteiger partial charge in [0.25, 0.3) is 5.91 Å². The van der Waals surface area contributed by atoms with Crippen molar-refractivity contribution in [3.05, 3.63) is 71.3 Å². The number of hydrogen-bond donors (Lipinski definition) is 0. The first-order valence-electron chi connectivity index (χ1n) is 8.95. The van der Waals surface area contributed by atoms with Gasteiger partial charge in [-0.3, -0.25) is 9.59 Å². The molecule has 0 N–H and O–H groups in total. The molecule has 2 heterocycles. The van der Waals surface area contributed by atoms with Gasteiger partial charge in [0, 0.05) is 37.1 Å². The number of nitrogens with zero attached hydrogens (tertiary/aromatic N) is 1. The van der Waals surface area contributed by atoms with Crippen LogP contribution in [0.1, 0.15) is 39.1 Å². The van der Waals surface area contributed by atoms with E-state index in [1.54, 1.807) is 41.3 Å². The lowest BCUT2D eigenvalue weighted by molar-refractivity contribution is -0.181. The molecule has 5 heteroatoms. The number of carbonyl (C=O) groups is 2. The Balaban J connectivity index is 1.55. The molecule has 0 saturated carbocycles. The molecule has 1 amide bonds. The molecule has 0 aromatic heterocycles. The van der Waals surface area contributed by atoms with E-state index in [0.717, 1.165) is 0 Å². The summed E-state index contributed by atoms with van der Waals surface area (Å²) < 4.78 is 11.4. The minimum Gasteiger partial charge on any atom is -0.347 e. The number of amides is 1. The van der Waals surface area contributed by atoms with Crippen LogP contribution >= 0.6 is 0 Å². The number of hydrogen-bond acceptors (Lipinski definition) is 4. The van der Waals surface area contributed by atoms with Gasteiger partial charge in [-0.1, -0.05) is 48.5 Å². The van der Waals surface area contributed by atoms with E-state index >= 15 is 0 Å². The van der Waals surface area contributed by atoms with Gasteiger partial charge in [0.15, 0.2) is 11.6 Å². The maximum absolute atomic E-state index is 13.1. The van der Waals surface area contributed by atoms with Crippen LogP contribution in [0.3, 0.4) is 0 Å². The van der Waals surface area contributed by atoms with Gasteiger partial charge in [-0.05, 0) is 6.07 Å². The predicted octanol–water partition coefficient (Wildman–Crippen LogP) is 2.90. The topological polar surface area (TPSA) is 55.8 Å². The van der Waals surface area contributed by atoms with Crippen molar-refractivity contribution < 1.29 is 19.1 Å². The van der Waals surface area contributed by atoms with Gasteiger partial charge in [0.2, 0.25) is 0 Å². The van der Waals surface area contributed by atoms with E-state index in [2.05, 4.69) is 0 Å². The van der Waals surface area contributed by atoms with E-state index in [1.807, 2.05) is 18.2 Å². The molecule has 2 aliphatic heterocycles. The zero-order valence-electron chi connectivity index (χ0n) is 14.5. The summed E-state index contributed by atoms with van der Waals surface area (Å²) in [6.45, 7) is 2.35. The summed E-state index contributed by atoms with van der Waals surface area (Å²) in [6.07, 6.45) is 1.32. The van der Waals surface area contributed by atoms with Gasteiger partial charge in [-0.2, -0.15) is 0 Å². The molecular formula is C21H21NO4. The quantitative estimate of drug-likeness (QED) is 0.798. The third-order valence-electron chi connectivity index (χ3n) is 5.06. The molecule has 2 aromatic carbocycles. The molecule has 5 nitrogen and oxygen atoms in total. The van der Waals surface area contributed by atoms with Crippen LogP contribution in [0.4, 0.5) is 0 Å². The predicted molar refractivity (Wildman–Crippen MR) is 96.1 cm³/mol. The van der Waals surface area contributed by atoms with E-state index in [1.165, 1.54) is 0 Å². The lowest BCUT2D eigenvalue weighted by Gasteiger charge is -2.37. The number of ketones is 1. The number of piperidine rings is 1. The minimum absolute atomic E-state index is 0.113. The summed E-state index contributed by atoms with van der Waals surface area (Å²) in [6, 6.07) is 16.1. The number of rotatable bonds is 3. The van der Waals surface area contributed by atoms with Crippen LogP contribution in [0, 0.1) is 0 Å². The first kappa shape index (κ1) is 16.9. The van der Waals surface area contributed by atoms with E-state index < -0.39 is 5.79 Å². The second-order valence-electron chi connectivity index (χ2n) is 6.64.